The molecule has 1 aliphatic carbocycles. The Bertz CT molecular complexity index is 525. The average Bonchev–Trinajstić information content (AvgIpc) is 2.57. The molecule has 0 atom stereocenters. The van der Waals surface area contributed by atoms with Crippen LogP contribution in [0.1, 0.15) is 31.1 Å². The second-order valence-electron chi connectivity index (χ2n) is 4.40. The van der Waals surface area contributed by atoms with E-state index < -0.39 is 0 Å². The molecule has 0 unspecified atom stereocenters. The number of benzene rings is 1. The lowest BCUT2D eigenvalue weighted by Gasteiger charge is -2.29. The highest BCUT2D eigenvalue weighted by atomic mass is 15.1. The fraction of sp³-hybridized carbons (Fsp3) is 0.417. The first-order valence-electron chi connectivity index (χ1n) is 5.76. The number of rotatable bonds is 2. The van der Waals surface area contributed by atoms with Crippen molar-refractivity contribution >= 4 is 16.7 Å². The van der Waals surface area contributed by atoms with Crippen LogP contribution in [-0.4, -0.2) is 9.55 Å². The maximum absolute atomic E-state index is 5.94. The standard InChI is InChI=1S/C12H16N4/c13-7-11-15-12-9(14)5-2-6-10(12)16(11)8-3-1-4-8/h2,5-6,8H,1,3-4,7,13-14H2. The van der Waals surface area contributed by atoms with E-state index in [1.54, 1.807) is 0 Å². The van der Waals surface area contributed by atoms with Gasteiger partial charge in [0.25, 0.3) is 0 Å². The predicted octanol–water partition coefficient (Wildman–Crippen LogP) is 1.80. The number of para-hydroxylation sites is 1. The van der Waals surface area contributed by atoms with Gasteiger partial charge in [-0.2, -0.15) is 0 Å². The van der Waals surface area contributed by atoms with E-state index in [4.69, 9.17) is 11.5 Å². The summed E-state index contributed by atoms with van der Waals surface area (Å²) in [7, 11) is 0. The van der Waals surface area contributed by atoms with E-state index in [2.05, 4.69) is 15.6 Å². The molecular formula is C12H16N4. The normalized spacial score (nSPS) is 16.6. The Morgan fingerprint density at radius 2 is 2.19 bits per heavy atom. The number of hydrogen-bond donors (Lipinski definition) is 2. The second kappa shape index (κ2) is 3.49. The molecule has 16 heavy (non-hydrogen) atoms. The molecule has 1 aromatic heterocycles. The number of aromatic nitrogens is 2. The van der Waals surface area contributed by atoms with E-state index in [9.17, 15) is 0 Å². The molecular weight excluding hydrogens is 200 g/mol. The molecule has 0 aliphatic heterocycles. The molecule has 1 heterocycles. The summed E-state index contributed by atoms with van der Waals surface area (Å²) in [4.78, 5) is 4.55. The predicted molar refractivity (Wildman–Crippen MR) is 64.9 cm³/mol. The summed E-state index contributed by atoms with van der Waals surface area (Å²) in [5.41, 5.74) is 14.5. The zero-order valence-electron chi connectivity index (χ0n) is 9.19. The highest BCUT2D eigenvalue weighted by Crippen LogP contribution is 2.36. The molecule has 3 rings (SSSR count). The molecule has 4 nitrogen and oxygen atoms in total. The van der Waals surface area contributed by atoms with Crippen molar-refractivity contribution in [1.29, 1.82) is 0 Å². The highest BCUT2D eigenvalue weighted by Gasteiger charge is 2.24. The Kier molecular flexibility index (Phi) is 2.11. The van der Waals surface area contributed by atoms with Crippen molar-refractivity contribution in [2.75, 3.05) is 5.73 Å². The number of nitrogens with two attached hydrogens (primary N) is 2. The van der Waals surface area contributed by atoms with Gasteiger partial charge in [0.15, 0.2) is 0 Å². The summed E-state index contributed by atoms with van der Waals surface area (Å²) in [5.74, 6) is 0.956. The van der Waals surface area contributed by atoms with E-state index in [1.807, 2.05) is 12.1 Å². The van der Waals surface area contributed by atoms with Crippen LogP contribution in [0.15, 0.2) is 18.2 Å². The van der Waals surface area contributed by atoms with Crippen LogP contribution in [-0.2, 0) is 6.54 Å². The van der Waals surface area contributed by atoms with E-state index in [0.717, 1.165) is 22.5 Å². The summed E-state index contributed by atoms with van der Waals surface area (Å²) >= 11 is 0. The van der Waals surface area contributed by atoms with Crippen molar-refractivity contribution < 1.29 is 0 Å². The molecule has 84 valence electrons. The second-order valence-corrected chi connectivity index (χ2v) is 4.40. The molecule has 0 radical (unpaired) electrons. The van der Waals surface area contributed by atoms with Gasteiger partial charge in [-0.3, -0.25) is 0 Å². The first-order valence-corrected chi connectivity index (χ1v) is 5.76. The third-order valence-corrected chi connectivity index (χ3v) is 3.45. The van der Waals surface area contributed by atoms with Gasteiger partial charge >= 0.3 is 0 Å². The van der Waals surface area contributed by atoms with Gasteiger partial charge in [-0.05, 0) is 31.4 Å². The molecule has 1 aromatic carbocycles. The van der Waals surface area contributed by atoms with Gasteiger partial charge in [0.2, 0.25) is 0 Å². The Balaban J connectivity index is 2.26. The van der Waals surface area contributed by atoms with Crippen molar-refractivity contribution in [3.05, 3.63) is 24.0 Å². The van der Waals surface area contributed by atoms with Crippen LogP contribution in [0.3, 0.4) is 0 Å². The molecule has 1 aliphatic rings. The monoisotopic (exact) mass is 216 g/mol. The SMILES string of the molecule is NCc1nc2c(N)cccc2n1C1CCC1. The van der Waals surface area contributed by atoms with Crippen molar-refractivity contribution in [3.8, 4) is 0 Å². The molecule has 2 aromatic rings. The Morgan fingerprint density at radius 3 is 2.81 bits per heavy atom. The Labute approximate surface area is 94.3 Å². The molecule has 0 saturated heterocycles. The van der Waals surface area contributed by atoms with Crippen molar-refractivity contribution in [1.82, 2.24) is 9.55 Å². The van der Waals surface area contributed by atoms with Crippen LogP contribution in [0.2, 0.25) is 0 Å². The average molecular weight is 216 g/mol. The summed E-state index contributed by atoms with van der Waals surface area (Å²) in [6, 6.07) is 6.52. The van der Waals surface area contributed by atoms with Crippen LogP contribution in [0.4, 0.5) is 5.69 Å². The van der Waals surface area contributed by atoms with Gasteiger partial charge in [0.05, 0.1) is 17.7 Å². The third-order valence-electron chi connectivity index (χ3n) is 3.45. The van der Waals surface area contributed by atoms with Crippen molar-refractivity contribution in [3.63, 3.8) is 0 Å². The molecule has 4 heteroatoms. The first kappa shape index (κ1) is 9.66. The molecule has 0 spiro atoms. The van der Waals surface area contributed by atoms with Crippen molar-refractivity contribution in [2.24, 2.45) is 5.73 Å². The fourth-order valence-electron chi connectivity index (χ4n) is 2.38. The van der Waals surface area contributed by atoms with Gasteiger partial charge in [0, 0.05) is 6.04 Å². The minimum atomic E-state index is 0.477. The summed E-state index contributed by atoms with van der Waals surface area (Å²) in [6.07, 6.45) is 3.76. The maximum atomic E-state index is 5.94. The van der Waals surface area contributed by atoms with E-state index in [0.29, 0.717) is 12.6 Å². The van der Waals surface area contributed by atoms with Gasteiger partial charge in [-0.25, -0.2) is 4.98 Å². The van der Waals surface area contributed by atoms with E-state index >= 15 is 0 Å². The zero-order valence-corrected chi connectivity index (χ0v) is 9.19. The zero-order chi connectivity index (χ0) is 11.1. The summed E-state index contributed by atoms with van der Waals surface area (Å²) < 4.78 is 2.27. The van der Waals surface area contributed by atoms with Gasteiger partial charge in [-0.15, -0.1) is 0 Å². The van der Waals surface area contributed by atoms with Crippen LogP contribution >= 0.6 is 0 Å². The lowest BCUT2D eigenvalue weighted by molar-refractivity contribution is 0.313. The number of nitrogen functional groups attached to an aromatic ring is 1. The van der Waals surface area contributed by atoms with Crippen LogP contribution in [0, 0.1) is 0 Å². The Hall–Kier alpha value is -1.55. The largest absolute Gasteiger partial charge is 0.397 e. The van der Waals surface area contributed by atoms with Gasteiger partial charge in [0.1, 0.15) is 11.3 Å². The molecule has 1 fully saturated rings. The molecule has 1 saturated carbocycles. The minimum Gasteiger partial charge on any atom is -0.397 e. The van der Waals surface area contributed by atoms with E-state index in [1.165, 1.54) is 19.3 Å². The molecule has 0 bridgehead atoms. The number of fused-ring (bicyclic) bond motifs is 1. The highest BCUT2D eigenvalue weighted by molar-refractivity contribution is 5.87. The van der Waals surface area contributed by atoms with Crippen LogP contribution < -0.4 is 11.5 Å². The van der Waals surface area contributed by atoms with Gasteiger partial charge in [-0.1, -0.05) is 6.07 Å². The number of nitrogens with zero attached hydrogens (tertiary/aromatic N) is 2. The van der Waals surface area contributed by atoms with Crippen LogP contribution in [0.5, 0.6) is 0 Å². The maximum Gasteiger partial charge on any atom is 0.124 e. The van der Waals surface area contributed by atoms with Crippen LogP contribution in [0.25, 0.3) is 11.0 Å². The first-order chi connectivity index (χ1) is 7.81. The lowest BCUT2D eigenvalue weighted by Crippen LogP contribution is -2.20. The summed E-state index contributed by atoms with van der Waals surface area (Å²) in [6.45, 7) is 0.477. The third kappa shape index (κ3) is 1.23. The summed E-state index contributed by atoms with van der Waals surface area (Å²) in [5, 5.41) is 0. The van der Waals surface area contributed by atoms with Crippen molar-refractivity contribution in [2.45, 2.75) is 31.8 Å². The Morgan fingerprint density at radius 1 is 1.38 bits per heavy atom. The number of anilines is 1. The quantitative estimate of drug-likeness (QED) is 0.752. The lowest BCUT2D eigenvalue weighted by atomic mass is 9.92. The van der Waals surface area contributed by atoms with Gasteiger partial charge < -0.3 is 16.0 Å². The molecule has 4 N–H and O–H groups in total. The minimum absolute atomic E-state index is 0.477. The van der Waals surface area contributed by atoms with E-state index in [-0.39, 0.29) is 0 Å². The topological polar surface area (TPSA) is 69.9 Å². The number of hydrogen-bond acceptors (Lipinski definition) is 3. The number of imidazole rings is 1. The molecule has 0 amide bonds. The smallest absolute Gasteiger partial charge is 0.124 e. The fourth-order valence-corrected chi connectivity index (χ4v) is 2.38.